The lowest BCUT2D eigenvalue weighted by Crippen LogP contribution is -2.13. The van der Waals surface area contributed by atoms with Crippen LogP contribution in [0.5, 0.6) is 0 Å². The predicted octanol–water partition coefficient (Wildman–Crippen LogP) is 4.08. The van der Waals surface area contributed by atoms with Crippen LogP contribution in [-0.2, 0) is 6.42 Å². The molecule has 0 atom stereocenters. The van der Waals surface area contributed by atoms with E-state index in [2.05, 4.69) is 34.2 Å². The van der Waals surface area contributed by atoms with Crippen molar-refractivity contribution in [2.45, 2.75) is 26.7 Å². The molecule has 1 aromatic rings. The summed E-state index contributed by atoms with van der Waals surface area (Å²) in [6.45, 7) is 6.11. The molecule has 94 valence electrons. The maximum atomic E-state index is 13.5. The molecule has 0 saturated heterocycles. The summed E-state index contributed by atoms with van der Waals surface area (Å²) in [6, 6.07) is 5.07. The Hall–Kier alpha value is -0.670. The van der Waals surface area contributed by atoms with Gasteiger partial charge in [0, 0.05) is 4.47 Å². The van der Waals surface area contributed by atoms with Crippen LogP contribution in [-0.4, -0.2) is 13.1 Å². The highest BCUT2D eigenvalue weighted by Gasteiger charge is 2.03. The number of rotatable bonds is 6. The average molecular weight is 300 g/mol. The summed E-state index contributed by atoms with van der Waals surface area (Å²) in [5.74, 6) is -0.132. The van der Waals surface area contributed by atoms with Crippen molar-refractivity contribution in [3.8, 4) is 0 Å². The van der Waals surface area contributed by atoms with Crippen molar-refractivity contribution in [2.24, 2.45) is 0 Å². The maximum absolute atomic E-state index is 13.5. The Labute approximate surface area is 111 Å². The van der Waals surface area contributed by atoms with Crippen LogP contribution in [0, 0.1) is 5.82 Å². The van der Waals surface area contributed by atoms with Crippen LogP contribution in [0.4, 0.5) is 4.39 Å². The lowest BCUT2D eigenvalue weighted by atomic mass is 10.1. The molecule has 1 aromatic carbocycles. The van der Waals surface area contributed by atoms with E-state index in [9.17, 15) is 4.39 Å². The first-order valence-corrected chi connectivity index (χ1v) is 6.73. The fourth-order valence-electron chi connectivity index (χ4n) is 1.65. The highest BCUT2D eigenvalue weighted by Crippen LogP contribution is 2.18. The number of benzene rings is 1. The molecule has 1 N–H and O–H groups in total. The molecule has 1 rings (SSSR count). The second kappa shape index (κ2) is 7.62. The number of hydrogen-bond donors (Lipinski definition) is 1. The van der Waals surface area contributed by atoms with E-state index in [1.807, 2.05) is 13.0 Å². The van der Waals surface area contributed by atoms with Gasteiger partial charge in [0.05, 0.1) is 0 Å². The molecule has 0 heterocycles. The molecule has 0 fully saturated rings. The summed E-state index contributed by atoms with van der Waals surface area (Å²) in [7, 11) is 0. The molecule has 17 heavy (non-hydrogen) atoms. The van der Waals surface area contributed by atoms with Gasteiger partial charge in [-0.2, -0.15) is 0 Å². The van der Waals surface area contributed by atoms with E-state index in [-0.39, 0.29) is 5.82 Å². The van der Waals surface area contributed by atoms with Crippen molar-refractivity contribution in [3.05, 3.63) is 45.7 Å². The SMILES string of the molecule is CCNCCC=C(C)Cc1cc(Br)ccc1F. The molecule has 0 bridgehead atoms. The highest BCUT2D eigenvalue weighted by molar-refractivity contribution is 9.10. The third kappa shape index (κ3) is 5.46. The number of halogens is 2. The molecule has 0 aliphatic heterocycles. The van der Waals surface area contributed by atoms with Gasteiger partial charge in [-0.05, 0) is 56.6 Å². The molecule has 0 saturated carbocycles. The minimum atomic E-state index is -0.132. The van der Waals surface area contributed by atoms with Gasteiger partial charge in [-0.3, -0.25) is 0 Å². The van der Waals surface area contributed by atoms with Gasteiger partial charge in [-0.15, -0.1) is 0 Å². The molecule has 1 nitrogen and oxygen atoms in total. The van der Waals surface area contributed by atoms with Crippen LogP contribution in [0.3, 0.4) is 0 Å². The normalized spacial score (nSPS) is 11.9. The Morgan fingerprint density at radius 1 is 1.47 bits per heavy atom. The first-order chi connectivity index (χ1) is 8.13. The quantitative estimate of drug-likeness (QED) is 0.616. The summed E-state index contributed by atoms with van der Waals surface area (Å²) in [5, 5.41) is 3.26. The Kier molecular flexibility index (Phi) is 6.45. The zero-order valence-corrected chi connectivity index (χ0v) is 12.0. The zero-order valence-electron chi connectivity index (χ0n) is 10.4. The highest BCUT2D eigenvalue weighted by atomic mass is 79.9. The summed E-state index contributed by atoms with van der Waals surface area (Å²) >= 11 is 3.36. The minimum absolute atomic E-state index is 0.132. The largest absolute Gasteiger partial charge is 0.317 e. The zero-order chi connectivity index (χ0) is 12.7. The second-order valence-corrected chi connectivity index (χ2v) is 5.02. The lowest BCUT2D eigenvalue weighted by Gasteiger charge is -2.05. The van der Waals surface area contributed by atoms with E-state index < -0.39 is 0 Å². The van der Waals surface area contributed by atoms with Crippen LogP contribution >= 0.6 is 15.9 Å². The monoisotopic (exact) mass is 299 g/mol. The smallest absolute Gasteiger partial charge is 0.126 e. The minimum Gasteiger partial charge on any atom is -0.317 e. The van der Waals surface area contributed by atoms with Crippen molar-refractivity contribution in [1.29, 1.82) is 0 Å². The van der Waals surface area contributed by atoms with Crippen molar-refractivity contribution in [2.75, 3.05) is 13.1 Å². The van der Waals surface area contributed by atoms with Crippen molar-refractivity contribution in [3.63, 3.8) is 0 Å². The van der Waals surface area contributed by atoms with E-state index in [1.54, 1.807) is 6.07 Å². The third-order valence-electron chi connectivity index (χ3n) is 2.54. The number of hydrogen-bond acceptors (Lipinski definition) is 1. The molecular formula is C14H19BrFN. The third-order valence-corrected chi connectivity index (χ3v) is 3.03. The fraction of sp³-hybridized carbons (Fsp3) is 0.429. The van der Waals surface area contributed by atoms with Gasteiger partial charge in [0.2, 0.25) is 0 Å². The van der Waals surface area contributed by atoms with Gasteiger partial charge in [-0.25, -0.2) is 4.39 Å². The summed E-state index contributed by atoms with van der Waals surface area (Å²) < 4.78 is 14.4. The first kappa shape index (κ1) is 14.4. The topological polar surface area (TPSA) is 12.0 Å². The van der Waals surface area contributed by atoms with E-state index >= 15 is 0 Å². The van der Waals surface area contributed by atoms with Gasteiger partial charge in [0.25, 0.3) is 0 Å². The molecule has 3 heteroatoms. The van der Waals surface area contributed by atoms with Crippen LogP contribution in [0.1, 0.15) is 25.8 Å². The van der Waals surface area contributed by atoms with Crippen molar-refractivity contribution >= 4 is 15.9 Å². The molecular weight excluding hydrogens is 281 g/mol. The Morgan fingerprint density at radius 2 is 2.24 bits per heavy atom. The van der Waals surface area contributed by atoms with Crippen LogP contribution in [0.2, 0.25) is 0 Å². The second-order valence-electron chi connectivity index (χ2n) is 4.11. The maximum Gasteiger partial charge on any atom is 0.126 e. The Bertz CT molecular complexity index is 388. The van der Waals surface area contributed by atoms with Crippen molar-refractivity contribution < 1.29 is 4.39 Å². The predicted molar refractivity (Wildman–Crippen MR) is 74.7 cm³/mol. The van der Waals surface area contributed by atoms with Crippen molar-refractivity contribution in [1.82, 2.24) is 5.32 Å². The van der Waals surface area contributed by atoms with Gasteiger partial charge in [-0.1, -0.05) is 34.5 Å². The number of nitrogens with one attached hydrogen (secondary N) is 1. The Morgan fingerprint density at radius 3 is 2.94 bits per heavy atom. The van der Waals surface area contributed by atoms with Gasteiger partial charge >= 0.3 is 0 Å². The summed E-state index contributed by atoms with van der Waals surface area (Å²) in [5.41, 5.74) is 1.96. The standard InChI is InChI=1S/C14H19BrFN/c1-3-17-8-4-5-11(2)9-12-10-13(15)6-7-14(12)16/h5-7,10,17H,3-4,8-9H2,1-2H3. The molecule has 0 aromatic heterocycles. The number of allylic oxidation sites excluding steroid dienone is 1. The first-order valence-electron chi connectivity index (χ1n) is 5.93. The van der Waals surface area contributed by atoms with Gasteiger partial charge in [0.1, 0.15) is 5.82 Å². The van der Waals surface area contributed by atoms with E-state index in [0.717, 1.165) is 29.5 Å². The lowest BCUT2D eigenvalue weighted by molar-refractivity contribution is 0.613. The van der Waals surface area contributed by atoms with E-state index in [1.165, 1.54) is 11.6 Å². The van der Waals surface area contributed by atoms with Crippen LogP contribution in [0.25, 0.3) is 0 Å². The molecule has 0 unspecified atom stereocenters. The van der Waals surface area contributed by atoms with E-state index in [0.29, 0.717) is 6.42 Å². The van der Waals surface area contributed by atoms with Gasteiger partial charge in [0.15, 0.2) is 0 Å². The van der Waals surface area contributed by atoms with E-state index in [4.69, 9.17) is 0 Å². The fourth-order valence-corrected chi connectivity index (χ4v) is 2.06. The summed E-state index contributed by atoms with van der Waals surface area (Å²) in [4.78, 5) is 0. The Balaban J connectivity index is 2.55. The average Bonchev–Trinajstić information content (AvgIpc) is 2.29. The molecule has 0 aliphatic carbocycles. The summed E-state index contributed by atoms with van der Waals surface area (Å²) in [6.07, 6.45) is 3.84. The molecule has 0 amide bonds. The molecule has 0 radical (unpaired) electrons. The van der Waals surface area contributed by atoms with Gasteiger partial charge < -0.3 is 5.32 Å². The van der Waals surface area contributed by atoms with Crippen LogP contribution < -0.4 is 5.32 Å². The molecule has 0 aliphatic rings. The molecule has 0 spiro atoms. The van der Waals surface area contributed by atoms with Crippen LogP contribution in [0.15, 0.2) is 34.3 Å².